The van der Waals surface area contributed by atoms with Gasteiger partial charge < -0.3 is 20.6 Å². The number of halogens is 1. The van der Waals surface area contributed by atoms with Crippen LogP contribution in [0.25, 0.3) is 0 Å². The summed E-state index contributed by atoms with van der Waals surface area (Å²) in [5, 5.41) is 14.0. The number of nitrogens with zero attached hydrogens (tertiary/aromatic N) is 1. The number of urea groups is 1. The topological polar surface area (TPSA) is 81.7 Å². The second-order valence-corrected chi connectivity index (χ2v) is 5.09. The number of benzene rings is 1. The van der Waals surface area contributed by atoms with Gasteiger partial charge in [-0.05, 0) is 38.1 Å². The van der Waals surface area contributed by atoms with Crippen LogP contribution in [0.4, 0.5) is 14.9 Å². The summed E-state index contributed by atoms with van der Waals surface area (Å²) in [7, 11) is 1.99. The fourth-order valence-electron chi connectivity index (χ4n) is 2.02. The van der Waals surface area contributed by atoms with Gasteiger partial charge in [0, 0.05) is 19.1 Å². The molecule has 7 heteroatoms. The Morgan fingerprint density at radius 3 is 2.76 bits per heavy atom. The van der Waals surface area contributed by atoms with Crippen LogP contribution in [-0.2, 0) is 0 Å². The summed E-state index contributed by atoms with van der Waals surface area (Å²) in [6.45, 7) is 1.16. The van der Waals surface area contributed by atoms with Crippen LogP contribution in [0, 0.1) is 5.82 Å². The standard InChI is InChI=1S/C14H18FN3O3/c1-18(10-3-4-10)7-6-16-14(21)17-12-8-9(15)2-5-11(12)13(19)20/h2,5,8,10H,3-4,6-7H2,1H3,(H,19,20)(H2,16,17,21). The minimum atomic E-state index is -1.22. The van der Waals surface area contributed by atoms with Crippen molar-refractivity contribution in [1.82, 2.24) is 10.2 Å². The number of anilines is 1. The normalized spacial score (nSPS) is 14.0. The van der Waals surface area contributed by atoms with Gasteiger partial charge in [0.25, 0.3) is 0 Å². The Morgan fingerprint density at radius 1 is 1.43 bits per heavy atom. The third kappa shape index (κ3) is 4.42. The van der Waals surface area contributed by atoms with Gasteiger partial charge in [-0.2, -0.15) is 0 Å². The van der Waals surface area contributed by atoms with Crippen molar-refractivity contribution < 1.29 is 19.1 Å². The molecule has 3 N–H and O–H groups in total. The number of carbonyl (C=O) groups excluding carboxylic acids is 1. The summed E-state index contributed by atoms with van der Waals surface area (Å²) in [4.78, 5) is 24.9. The highest BCUT2D eigenvalue weighted by atomic mass is 19.1. The van der Waals surface area contributed by atoms with Gasteiger partial charge in [0.15, 0.2) is 0 Å². The zero-order chi connectivity index (χ0) is 15.4. The number of amides is 2. The van der Waals surface area contributed by atoms with E-state index >= 15 is 0 Å². The SMILES string of the molecule is CN(CCNC(=O)Nc1cc(F)ccc1C(=O)O)C1CC1. The van der Waals surface area contributed by atoms with E-state index in [1.165, 1.54) is 12.8 Å². The van der Waals surface area contributed by atoms with Gasteiger partial charge in [0.05, 0.1) is 11.3 Å². The largest absolute Gasteiger partial charge is 0.478 e. The van der Waals surface area contributed by atoms with Crippen molar-refractivity contribution in [3.63, 3.8) is 0 Å². The van der Waals surface area contributed by atoms with Crippen LogP contribution >= 0.6 is 0 Å². The van der Waals surface area contributed by atoms with Gasteiger partial charge in [-0.15, -0.1) is 0 Å². The lowest BCUT2D eigenvalue weighted by molar-refractivity contribution is 0.0698. The molecular formula is C14H18FN3O3. The lowest BCUT2D eigenvalue weighted by Gasteiger charge is -2.16. The molecule has 0 unspecified atom stereocenters. The molecule has 1 aromatic carbocycles. The van der Waals surface area contributed by atoms with Crippen LogP contribution in [0.1, 0.15) is 23.2 Å². The first kappa shape index (κ1) is 15.2. The van der Waals surface area contributed by atoms with Crippen molar-refractivity contribution in [3.05, 3.63) is 29.6 Å². The maximum Gasteiger partial charge on any atom is 0.337 e. The van der Waals surface area contributed by atoms with E-state index in [4.69, 9.17) is 5.11 Å². The van der Waals surface area contributed by atoms with E-state index in [0.717, 1.165) is 18.2 Å². The van der Waals surface area contributed by atoms with Crippen LogP contribution < -0.4 is 10.6 Å². The van der Waals surface area contributed by atoms with Gasteiger partial charge >= 0.3 is 12.0 Å². The number of carbonyl (C=O) groups is 2. The second kappa shape index (κ2) is 6.53. The summed E-state index contributed by atoms with van der Waals surface area (Å²) in [6.07, 6.45) is 2.38. The Balaban J connectivity index is 1.86. The predicted molar refractivity (Wildman–Crippen MR) is 76.0 cm³/mol. The smallest absolute Gasteiger partial charge is 0.337 e. The van der Waals surface area contributed by atoms with Gasteiger partial charge in [0.1, 0.15) is 5.82 Å². The Hall–Kier alpha value is -2.15. The molecule has 0 heterocycles. The Bertz CT molecular complexity index is 546. The molecule has 0 spiro atoms. The molecule has 0 atom stereocenters. The Labute approximate surface area is 121 Å². The molecule has 1 aromatic rings. The fourth-order valence-corrected chi connectivity index (χ4v) is 2.02. The first-order valence-corrected chi connectivity index (χ1v) is 6.75. The summed E-state index contributed by atoms with van der Waals surface area (Å²) in [5.74, 6) is -1.83. The van der Waals surface area contributed by atoms with Crippen molar-refractivity contribution in [2.24, 2.45) is 0 Å². The van der Waals surface area contributed by atoms with E-state index in [9.17, 15) is 14.0 Å². The van der Waals surface area contributed by atoms with E-state index in [1.54, 1.807) is 0 Å². The molecule has 114 valence electrons. The number of likely N-dealkylation sites (N-methyl/N-ethyl adjacent to an activating group) is 1. The van der Waals surface area contributed by atoms with Crippen molar-refractivity contribution in [2.75, 3.05) is 25.5 Å². The number of rotatable bonds is 6. The zero-order valence-electron chi connectivity index (χ0n) is 11.7. The average molecular weight is 295 g/mol. The van der Waals surface area contributed by atoms with Gasteiger partial charge in [-0.1, -0.05) is 0 Å². The minimum absolute atomic E-state index is 0.0597. The van der Waals surface area contributed by atoms with Gasteiger partial charge in [-0.3, -0.25) is 0 Å². The predicted octanol–water partition coefficient (Wildman–Crippen LogP) is 1.74. The maximum absolute atomic E-state index is 13.1. The van der Waals surface area contributed by atoms with E-state index in [-0.39, 0.29) is 11.3 Å². The highest BCUT2D eigenvalue weighted by Gasteiger charge is 2.25. The number of hydrogen-bond acceptors (Lipinski definition) is 3. The molecule has 0 radical (unpaired) electrons. The molecule has 0 aliphatic heterocycles. The van der Waals surface area contributed by atoms with Crippen molar-refractivity contribution in [3.8, 4) is 0 Å². The molecule has 2 amide bonds. The van der Waals surface area contributed by atoms with Crippen molar-refractivity contribution >= 4 is 17.7 Å². The maximum atomic E-state index is 13.1. The van der Waals surface area contributed by atoms with Crippen LogP contribution in [0.5, 0.6) is 0 Å². The number of carboxylic acids is 1. The molecule has 1 saturated carbocycles. The molecule has 1 fully saturated rings. The third-order valence-electron chi connectivity index (χ3n) is 3.38. The first-order valence-electron chi connectivity index (χ1n) is 6.75. The van der Waals surface area contributed by atoms with Crippen molar-refractivity contribution in [1.29, 1.82) is 0 Å². The van der Waals surface area contributed by atoms with Crippen LogP contribution in [0.15, 0.2) is 18.2 Å². The number of hydrogen-bond donors (Lipinski definition) is 3. The van der Waals surface area contributed by atoms with Crippen LogP contribution in [0.3, 0.4) is 0 Å². The molecule has 0 saturated heterocycles. The van der Waals surface area contributed by atoms with Crippen LogP contribution in [-0.4, -0.2) is 48.2 Å². The second-order valence-electron chi connectivity index (χ2n) is 5.09. The molecule has 1 aliphatic carbocycles. The Kier molecular flexibility index (Phi) is 4.74. The molecule has 6 nitrogen and oxygen atoms in total. The number of aromatic carboxylic acids is 1. The van der Waals surface area contributed by atoms with E-state index < -0.39 is 17.8 Å². The molecule has 2 rings (SSSR count). The summed E-state index contributed by atoms with van der Waals surface area (Å²) in [6, 6.07) is 3.20. The van der Waals surface area contributed by atoms with E-state index in [1.807, 2.05) is 7.05 Å². The van der Waals surface area contributed by atoms with Crippen molar-refractivity contribution in [2.45, 2.75) is 18.9 Å². The molecule has 21 heavy (non-hydrogen) atoms. The summed E-state index contributed by atoms with van der Waals surface area (Å²) < 4.78 is 13.1. The average Bonchev–Trinajstić information content (AvgIpc) is 3.22. The molecule has 0 bridgehead atoms. The highest BCUT2D eigenvalue weighted by molar-refractivity contribution is 5.99. The van der Waals surface area contributed by atoms with E-state index in [0.29, 0.717) is 19.1 Å². The lowest BCUT2D eigenvalue weighted by Crippen LogP contribution is -2.36. The Morgan fingerprint density at radius 2 is 2.14 bits per heavy atom. The molecule has 0 aromatic heterocycles. The van der Waals surface area contributed by atoms with Gasteiger partial charge in [-0.25, -0.2) is 14.0 Å². The monoisotopic (exact) mass is 295 g/mol. The first-order chi connectivity index (χ1) is 9.97. The minimum Gasteiger partial charge on any atom is -0.478 e. The number of nitrogens with one attached hydrogen (secondary N) is 2. The highest BCUT2D eigenvalue weighted by Crippen LogP contribution is 2.24. The fraction of sp³-hybridized carbons (Fsp3) is 0.429. The number of carboxylic acid groups (broad SMARTS) is 1. The lowest BCUT2D eigenvalue weighted by atomic mass is 10.2. The molecular weight excluding hydrogens is 277 g/mol. The van der Waals surface area contributed by atoms with Crippen LogP contribution in [0.2, 0.25) is 0 Å². The summed E-state index contributed by atoms with van der Waals surface area (Å²) in [5.41, 5.74) is -0.211. The quantitative estimate of drug-likeness (QED) is 0.746. The third-order valence-corrected chi connectivity index (χ3v) is 3.38. The molecule has 1 aliphatic rings. The van der Waals surface area contributed by atoms with Gasteiger partial charge in [0.2, 0.25) is 0 Å². The zero-order valence-corrected chi connectivity index (χ0v) is 11.7. The van der Waals surface area contributed by atoms with E-state index in [2.05, 4.69) is 15.5 Å². The summed E-state index contributed by atoms with van der Waals surface area (Å²) >= 11 is 0.